The largest absolute Gasteiger partial charge is 0.335 e. The Morgan fingerprint density at radius 2 is 1.90 bits per heavy atom. The summed E-state index contributed by atoms with van der Waals surface area (Å²) in [6, 6.07) is 13.4. The second-order valence-electron chi connectivity index (χ2n) is 4.62. The number of amides is 1. The molecule has 4 heteroatoms. The van der Waals surface area contributed by atoms with Gasteiger partial charge in [-0.3, -0.25) is 4.79 Å². The minimum absolute atomic E-state index is 0.137. The number of nitrogens with zero attached hydrogens (tertiary/aromatic N) is 1. The van der Waals surface area contributed by atoms with E-state index in [0.717, 1.165) is 4.47 Å². The summed E-state index contributed by atoms with van der Waals surface area (Å²) < 4.78 is 14.6. The molecule has 0 heterocycles. The summed E-state index contributed by atoms with van der Waals surface area (Å²) in [4.78, 5) is 13.9. The molecule has 0 saturated carbocycles. The van der Waals surface area contributed by atoms with Crippen molar-refractivity contribution in [2.24, 2.45) is 0 Å². The molecular formula is C16H15BrFNO. The molecule has 0 bridgehead atoms. The van der Waals surface area contributed by atoms with Gasteiger partial charge in [0, 0.05) is 22.6 Å². The van der Waals surface area contributed by atoms with E-state index in [1.807, 2.05) is 13.0 Å². The Hall–Kier alpha value is -1.68. The zero-order chi connectivity index (χ0) is 14.7. The summed E-state index contributed by atoms with van der Waals surface area (Å²) in [6.07, 6.45) is 0. The van der Waals surface area contributed by atoms with E-state index in [-0.39, 0.29) is 17.8 Å². The summed E-state index contributed by atoms with van der Waals surface area (Å²) in [5.41, 5.74) is 1.09. The van der Waals surface area contributed by atoms with Crippen molar-refractivity contribution < 1.29 is 9.18 Å². The molecule has 2 aromatic carbocycles. The lowest BCUT2D eigenvalue weighted by Crippen LogP contribution is -2.30. The van der Waals surface area contributed by atoms with Crippen molar-refractivity contribution in [3.8, 4) is 0 Å². The number of benzene rings is 2. The van der Waals surface area contributed by atoms with E-state index in [2.05, 4.69) is 15.9 Å². The lowest BCUT2D eigenvalue weighted by molar-refractivity contribution is 0.0740. The van der Waals surface area contributed by atoms with E-state index in [9.17, 15) is 9.18 Å². The molecule has 2 rings (SSSR count). The van der Waals surface area contributed by atoms with Crippen LogP contribution in [0.3, 0.4) is 0 Å². The molecule has 0 radical (unpaired) electrons. The van der Waals surface area contributed by atoms with Gasteiger partial charge in [-0.1, -0.05) is 40.2 Å². The molecule has 2 aromatic rings. The lowest BCUT2D eigenvalue weighted by Gasteiger charge is -2.25. The third-order valence-corrected chi connectivity index (χ3v) is 3.82. The highest BCUT2D eigenvalue weighted by Crippen LogP contribution is 2.23. The molecule has 0 aliphatic heterocycles. The number of carbonyl (C=O) groups excluding carboxylic acids is 1. The Balaban J connectivity index is 2.25. The third-order valence-electron chi connectivity index (χ3n) is 3.33. The Morgan fingerprint density at radius 3 is 2.55 bits per heavy atom. The maximum atomic E-state index is 13.8. The van der Waals surface area contributed by atoms with Crippen LogP contribution in [-0.4, -0.2) is 17.9 Å². The van der Waals surface area contributed by atoms with Crippen LogP contribution in [0.25, 0.3) is 0 Å². The fourth-order valence-electron chi connectivity index (χ4n) is 2.02. The first-order valence-corrected chi connectivity index (χ1v) is 7.07. The molecule has 0 aromatic heterocycles. The number of carbonyl (C=O) groups is 1. The number of rotatable bonds is 3. The summed E-state index contributed by atoms with van der Waals surface area (Å²) in [6.45, 7) is 1.81. The zero-order valence-corrected chi connectivity index (χ0v) is 12.9. The minimum Gasteiger partial charge on any atom is -0.335 e. The van der Waals surface area contributed by atoms with Crippen LogP contribution < -0.4 is 0 Å². The first-order chi connectivity index (χ1) is 9.50. The van der Waals surface area contributed by atoms with Gasteiger partial charge in [0.15, 0.2) is 0 Å². The van der Waals surface area contributed by atoms with Crippen molar-refractivity contribution in [3.05, 3.63) is 69.9 Å². The third kappa shape index (κ3) is 3.07. The van der Waals surface area contributed by atoms with Crippen molar-refractivity contribution in [2.45, 2.75) is 13.0 Å². The monoisotopic (exact) mass is 335 g/mol. The van der Waals surface area contributed by atoms with Crippen molar-refractivity contribution in [1.82, 2.24) is 4.90 Å². The average Bonchev–Trinajstić information content (AvgIpc) is 2.45. The van der Waals surface area contributed by atoms with E-state index >= 15 is 0 Å². The number of halogens is 2. The van der Waals surface area contributed by atoms with Crippen LogP contribution >= 0.6 is 15.9 Å². The van der Waals surface area contributed by atoms with Crippen molar-refractivity contribution in [1.29, 1.82) is 0 Å². The van der Waals surface area contributed by atoms with E-state index < -0.39 is 0 Å². The van der Waals surface area contributed by atoms with Crippen LogP contribution in [0, 0.1) is 5.82 Å². The highest BCUT2D eigenvalue weighted by Gasteiger charge is 2.21. The first-order valence-electron chi connectivity index (χ1n) is 6.28. The fraction of sp³-hybridized carbons (Fsp3) is 0.188. The molecule has 1 unspecified atom stereocenters. The number of hydrogen-bond acceptors (Lipinski definition) is 1. The first kappa shape index (κ1) is 14.7. The van der Waals surface area contributed by atoms with Crippen molar-refractivity contribution >= 4 is 21.8 Å². The second kappa shape index (κ2) is 6.18. The average molecular weight is 336 g/mol. The molecule has 1 atom stereocenters. The highest BCUT2D eigenvalue weighted by atomic mass is 79.9. The van der Waals surface area contributed by atoms with Crippen LogP contribution in [0.15, 0.2) is 53.0 Å². The zero-order valence-electron chi connectivity index (χ0n) is 11.3. The molecule has 104 valence electrons. The summed E-state index contributed by atoms with van der Waals surface area (Å²) in [5.74, 6) is -0.434. The summed E-state index contributed by atoms with van der Waals surface area (Å²) in [7, 11) is 1.68. The van der Waals surface area contributed by atoms with Gasteiger partial charge in [-0.25, -0.2) is 4.39 Å². The predicted octanol–water partition coefficient (Wildman–Crippen LogP) is 4.42. The Kier molecular flexibility index (Phi) is 4.55. The molecule has 0 N–H and O–H groups in total. The van der Waals surface area contributed by atoms with Gasteiger partial charge in [0.1, 0.15) is 5.82 Å². The van der Waals surface area contributed by atoms with Gasteiger partial charge in [-0.2, -0.15) is 0 Å². The highest BCUT2D eigenvalue weighted by molar-refractivity contribution is 9.10. The molecular weight excluding hydrogens is 321 g/mol. The van der Waals surface area contributed by atoms with Gasteiger partial charge in [-0.15, -0.1) is 0 Å². The van der Waals surface area contributed by atoms with Gasteiger partial charge in [-0.05, 0) is 31.2 Å². The summed E-state index contributed by atoms with van der Waals surface area (Å²) in [5, 5.41) is 0. The van der Waals surface area contributed by atoms with Crippen LogP contribution in [0.5, 0.6) is 0 Å². The van der Waals surface area contributed by atoms with Crippen molar-refractivity contribution in [3.63, 3.8) is 0 Å². The lowest BCUT2D eigenvalue weighted by atomic mass is 10.1. The Morgan fingerprint density at radius 1 is 1.20 bits per heavy atom. The van der Waals surface area contributed by atoms with Crippen LogP contribution in [0.1, 0.15) is 28.9 Å². The van der Waals surface area contributed by atoms with Crippen LogP contribution in [-0.2, 0) is 0 Å². The molecule has 0 spiro atoms. The molecule has 1 amide bonds. The van der Waals surface area contributed by atoms with Gasteiger partial charge >= 0.3 is 0 Å². The molecule has 20 heavy (non-hydrogen) atoms. The molecule has 0 aliphatic rings. The standard InChI is InChI=1S/C16H15BrFNO/c1-11(14-8-3-4-9-15(14)18)19(2)16(20)12-6-5-7-13(17)10-12/h3-11H,1-2H3. The predicted molar refractivity (Wildman–Crippen MR) is 81.1 cm³/mol. The number of hydrogen-bond donors (Lipinski definition) is 0. The quantitative estimate of drug-likeness (QED) is 0.812. The van der Waals surface area contributed by atoms with Crippen molar-refractivity contribution in [2.75, 3.05) is 7.05 Å². The van der Waals surface area contributed by atoms with E-state index in [0.29, 0.717) is 11.1 Å². The van der Waals surface area contributed by atoms with Gasteiger partial charge in [0.25, 0.3) is 5.91 Å². The van der Waals surface area contributed by atoms with E-state index in [1.165, 1.54) is 6.07 Å². The fourth-order valence-corrected chi connectivity index (χ4v) is 2.42. The second-order valence-corrected chi connectivity index (χ2v) is 5.54. The summed E-state index contributed by atoms with van der Waals surface area (Å²) >= 11 is 3.34. The van der Waals surface area contributed by atoms with Crippen LogP contribution in [0.4, 0.5) is 4.39 Å². The molecule has 0 aliphatic carbocycles. The van der Waals surface area contributed by atoms with Crippen LogP contribution in [0.2, 0.25) is 0 Å². The maximum Gasteiger partial charge on any atom is 0.254 e. The van der Waals surface area contributed by atoms with Gasteiger partial charge < -0.3 is 4.90 Å². The van der Waals surface area contributed by atoms with E-state index in [4.69, 9.17) is 0 Å². The molecule has 2 nitrogen and oxygen atoms in total. The Bertz CT molecular complexity index is 629. The van der Waals surface area contributed by atoms with Gasteiger partial charge in [0.05, 0.1) is 6.04 Å². The van der Waals surface area contributed by atoms with Gasteiger partial charge in [0.2, 0.25) is 0 Å². The topological polar surface area (TPSA) is 20.3 Å². The molecule has 0 saturated heterocycles. The van der Waals surface area contributed by atoms with E-state index in [1.54, 1.807) is 48.3 Å². The smallest absolute Gasteiger partial charge is 0.254 e. The SMILES string of the molecule is CC(c1ccccc1F)N(C)C(=O)c1cccc(Br)c1. The normalized spacial score (nSPS) is 12.0. The maximum absolute atomic E-state index is 13.8. The minimum atomic E-state index is -0.331. The molecule has 0 fully saturated rings. The Labute approximate surface area is 126 Å².